The molecule has 0 amide bonds. The fourth-order valence-electron chi connectivity index (χ4n) is 2.20. The zero-order valence-corrected chi connectivity index (χ0v) is 13.8. The molecule has 0 aliphatic rings. The second kappa shape index (κ2) is 9.79. The van der Waals surface area contributed by atoms with E-state index in [4.69, 9.17) is 9.47 Å². The van der Waals surface area contributed by atoms with Crippen molar-refractivity contribution in [2.45, 2.75) is 38.8 Å². The van der Waals surface area contributed by atoms with Crippen molar-refractivity contribution in [3.8, 4) is 0 Å². The molecule has 0 heterocycles. The lowest BCUT2D eigenvalue weighted by molar-refractivity contribution is -0.166. The third-order valence-corrected chi connectivity index (χ3v) is 3.41. The molecule has 0 bridgehead atoms. The van der Waals surface area contributed by atoms with Gasteiger partial charge < -0.3 is 9.47 Å². The summed E-state index contributed by atoms with van der Waals surface area (Å²) < 4.78 is 10.2. The van der Waals surface area contributed by atoms with Crippen molar-refractivity contribution in [3.05, 3.63) is 48.6 Å². The van der Waals surface area contributed by atoms with Crippen LogP contribution in [0.5, 0.6) is 0 Å². The lowest BCUT2D eigenvalue weighted by Crippen LogP contribution is -2.59. The molecule has 0 spiro atoms. The van der Waals surface area contributed by atoms with Crippen LogP contribution in [-0.2, 0) is 25.6 Å². The normalized spacial score (nSPS) is 10.9. The van der Waals surface area contributed by atoms with Crippen molar-refractivity contribution < 1.29 is 19.1 Å². The van der Waals surface area contributed by atoms with Crippen LogP contribution in [-0.4, -0.2) is 30.7 Å². The van der Waals surface area contributed by atoms with Gasteiger partial charge in [-0.3, -0.25) is 5.32 Å². The molecule has 0 unspecified atom stereocenters. The number of esters is 2. The Hall–Kier alpha value is -2.14. The van der Waals surface area contributed by atoms with Gasteiger partial charge in [0, 0.05) is 6.54 Å². The first-order chi connectivity index (χ1) is 11.1. The van der Waals surface area contributed by atoms with Crippen LogP contribution in [0.4, 0.5) is 0 Å². The molecule has 5 nitrogen and oxygen atoms in total. The maximum absolute atomic E-state index is 12.5. The summed E-state index contributed by atoms with van der Waals surface area (Å²) >= 11 is 0. The Balaban J connectivity index is 3.05. The Morgan fingerprint density at radius 1 is 1.13 bits per heavy atom. The summed E-state index contributed by atoms with van der Waals surface area (Å²) in [7, 11) is 0. The summed E-state index contributed by atoms with van der Waals surface area (Å²) in [5.74, 6) is -1.23. The van der Waals surface area contributed by atoms with Gasteiger partial charge >= 0.3 is 11.9 Å². The molecule has 126 valence electrons. The molecule has 0 atom stereocenters. The van der Waals surface area contributed by atoms with Gasteiger partial charge in [-0.1, -0.05) is 36.4 Å². The van der Waals surface area contributed by atoms with Crippen molar-refractivity contribution in [3.63, 3.8) is 0 Å². The van der Waals surface area contributed by atoms with E-state index in [1.807, 2.05) is 30.3 Å². The molecule has 0 aliphatic carbocycles. The molecular weight excluding hydrogens is 294 g/mol. The van der Waals surface area contributed by atoms with Crippen LogP contribution in [0.25, 0.3) is 0 Å². The first-order valence-electron chi connectivity index (χ1n) is 7.85. The predicted molar refractivity (Wildman–Crippen MR) is 88.7 cm³/mol. The molecule has 1 rings (SSSR count). The van der Waals surface area contributed by atoms with Crippen molar-refractivity contribution in [1.29, 1.82) is 0 Å². The number of carbonyl (C=O) groups is 2. The van der Waals surface area contributed by atoms with E-state index in [0.717, 1.165) is 5.56 Å². The van der Waals surface area contributed by atoms with Crippen LogP contribution in [0.1, 0.15) is 32.3 Å². The number of benzene rings is 1. The molecule has 1 aromatic carbocycles. The highest BCUT2D eigenvalue weighted by molar-refractivity contribution is 6.05. The van der Waals surface area contributed by atoms with E-state index in [1.165, 1.54) is 0 Å². The number of allylic oxidation sites excluding steroid dienone is 1. The van der Waals surface area contributed by atoms with Crippen LogP contribution in [0, 0.1) is 0 Å². The maximum Gasteiger partial charge on any atom is 0.338 e. The Kier molecular flexibility index (Phi) is 8.05. The first kappa shape index (κ1) is 18.9. The average Bonchev–Trinajstić information content (AvgIpc) is 2.56. The van der Waals surface area contributed by atoms with Gasteiger partial charge in [-0.2, -0.15) is 0 Å². The predicted octanol–water partition coefficient (Wildman–Crippen LogP) is 2.61. The van der Waals surface area contributed by atoms with Gasteiger partial charge in [0.2, 0.25) is 5.54 Å². The van der Waals surface area contributed by atoms with Crippen molar-refractivity contribution in [2.75, 3.05) is 13.2 Å². The van der Waals surface area contributed by atoms with Crippen molar-refractivity contribution >= 4 is 11.9 Å². The molecule has 1 aromatic rings. The largest absolute Gasteiger partial charge is 0.464 e. The summed E-state index contributed by atoms with van der Waals surface area (Å²) in [6.07, 6.45) is 2.39. The fraction of sp³-hybridized carbons (Fsp3) is 0.444. The minimum absolute atomic E-state index is 0.196. The standard InChI is InChI=1S/C18H25NO4/c1-4-7-13-18(16(20)22-5-2,17(21)23-6-3)19-14-15-11-9-8-10-12-15/h4,8-12,19H,1,5-7,13-14H2,2-3H3. The second-order valence-corrected chi connectivity index (χ2v) is 5.01. The SMILES string of the molecule is C=CCCC(NCc1ccccc1)(C(=O)OCC)C(=O)OCC. The number of hydrogen-bond acceptors (Lipinski definition) is 5. The zero-order chi connectivity index (χ0) is 17.1. The molecule has 0 radical (unpaired) electrons. The van der Waals surface area contributed by atoms with Gasteiger partial charge in [0.1, 0.15) is 0 Å². The van der Waals surface area contributed by atoms with Gasteiger partial charge in [0.15, 0.2) is 0 Å². The highest BCUT2D eigenvalue weighted by Crippen LogP contribution is 2.20. The number of hydrogen-bond donors (Lipinski definition) is 1. The van der Waals surface area contributed by atoms with Crippen LogP contribution in [0.2, 0.25) is 0 Å². The van der Waals surface area contributed by atoms with Gasteiger partial charge in [0.05, 0.1) is 13.2 Å². The Bertz CT molecular complexity index is 495. The van der Waals surface area contributed by atoms with E-state index in [-0.39, 0.29) is 19.6 Å². The lowest BCUT2D eigenvalue weighted by atomic mass is 9.92. The second-order valence-electron chi connectivity index (χ2n) is 5.01. The molecule has 1 N–H and O–H groups in total. The van der Waals surface area contributed by atoms with Crippen LogP contribution < -0.4 is 5.32 Å². The monoisotopic (exact) mass is 319 g/mol. The van der Waals surface area contributed by atoms with E-state index < -0.39 is 17.5 Å². The van der Waals surface area contributed by atoms with Crippen LogP contribution >= 0.6 is 0 Å². The molecule has 0 aliphatic heterocycles. The minimum Gasteiger partial charge on any atom is -0.464 e. The van der Waals surface area contributed by atoms with E-state index in [1.54, 1.807) is 19.9 Å². The number of nitrogens with one attached hydrogen (secondary N) is 1. The average molecular weight is 319 g/mol. The van der Waals surface area contributed by atoms with E-state index in [0.29, 0.717) is 13.0 Å². The molecule has 0 saturated carbocycles. The highest BCUT2D eigenvalue weighted by Gasteiger charge is 2.48. The van der Waals surface area contributed by atoms with E-state index in [9.17, 15) is 9.59 Å². The highest BCUT2D eigenvalue weighted by atomic mass is 16.6. The number of ether oxygens (including phenoxy) is 2. The fourth-order valence-corrected chi connectivity index (χ4v) is 2.20. The first-order valence-corrected chi connectivity index (χ1v) is 7.85. The smallest absolute Gasteiger partial charge is 0.338 e. The quantitative estimate of drug-likeness (QED) is 0.408. The molecular formula is C18H25NO4. The van der Waals surface area contributed by atoms with E-state index >= 15 is 0 Å². The van der Waals surface area contributed by atoms with Crippen molar-refractivity contribution in [2.24, 2.45) is 0 Å². The molecule has 0 aromatic heterocycles. The molecule has 5 heteroatoms. The molecule has 0 saturated heterocycles. The van der Waals surface area contributed by atoms with Crippen molar-refractivity contribution in [1.82, 2.24) is 5.32 Å². The van der Waals surface area contributed by atoms with Crippen LogP contribution in [0.15, 0.2) is 43.0 Å². The Labute approximate surface area is 137 Å². The Morgan fingerprint density at radius 2 is 1.70 bits per heavy atom. The third-order valence-electron chi connectivity index (χ3n) is 3.41. The molecule has 23 heavy (non-hydrogen) atoms. The minimum atomic E-state index is -1.52. The summed E-state index contributed by atoms with van der Waals surface area (Å²) in [6.45, 7) is 7.82. The van der Waals surface area contributed by atoms with Gasteiger partial charge in [-0.05, 0) is 32.3 Å². The maximum atomic E-state index is 12.5. The summed E-state index contributed by atoms with van der Waals surface area (Å²) in [5, 5.41) is 3.06. The van der Waals surface area contributed by atoms with Gasteiger partial charge in [-0.25, -0.2) is 9.59 Å². The summed E-state index contributed by atoms with van der Waals surface area (Å²) in [6, 6.07) is 9.54. The Morgan fingerprint density at radius 3 is 2.17 bits per heavy atom. The topological polar surface area (TPSA) is 64.6 Å². The summed E-state index contributed by atoms with van der Waals surface area (Å²) in [5.41, 5.74) is -0.556. The zero-order valence-electron chi connectivity index (χ0n) is 13.8. The van der Waals surface area contributed by atoms with E-state index in [2.05, 4.69) is 11.9 Å². The van der Waals surface area contributed by atoms with Gasteiger partial charge in [0.25, 0.3) is 0 Å². The van der Waals surface area contributed by atoms with Crippen LogP contribution in [0.3, 0.4) is 0 Å². The number of rotatable bonds is 10. The summed E-state index contributed by atoms with van der Waals surface area (Å²) in [4.78, 5) is 25.0. The lowest BCUT2D eigenvalue weighted by Gasteiger charge is -2.30. The number of carbonyl (C=O) groups excluding carboxylic acids is 2. The van der Waals surface area contributed by atoms with Gasteiger partial charge in [-0.15, -0.1) is 6.58 Å². The molecule has 0 fully saturated rings. The third kappa shape index (κ3) is 5.21.